The Hall–Kier alpha value is -2.56. The van der Waals surface area contributed by atoms with Gasteiger partial charge in [0, 0.05) is 30.0 Å². The number of hydrogen-bond donors (Lipinski definition) is 1. The molecular formula is C23H23ClN2O2. The summed E-state index contributed by atoms with van der Waals surface area (Å²) in [6.45, 7) is 1.24. The molecule has 0 fully saturated rings. The summed E-state index contributed by atoms with van der Waals surface area (Å²) >= 11 is 6.32. The highest BCUT2D eigenvalue weighted by molar-refractivity contribution is 6.31. The van der Waals surface area contributed by atoms with Gasteiger partial charge in [0.15, 0.2) is 11.5 Å². The Morgan fingerprint density at radius 1 is 1.07 bits per heavy atom. The van der Waals surface area contributed by atoms with Gasteiger partial charge in [-0.25, -0.2) is 0 Å². The number of hydrogen-bond acceptors (Lipinski definition) is 4. The first-order valence-electron chi connectivity index (χ1n) is 9.44. The predicted octanol–water partition coefficient (Wildman–Crippen LogP) is 5.10. The van der Waals surface area contributed by atoms with Gasteiger partial charge in [-0.2, -0.15) is 0 Å². The van der Waals surface area contributed by atoms with E-state index in [0.717, 1.165) is 47.0 Å². The molecule has 4 nitrogen and oxygen atoms in total. The summed E-state index contributed by atoms with van der Waals surface area (Å²) in [6, 6.07) is 16.5. The van der Waals surface area contributed by atoms with Crippen LogP contribution in [0.25, 0.3) is 0 Å². The highest BCUT2D eigenvalue weighted by Gasteiger charge is 2.23. The molecule has 1 aliphatic rings. The lowest BCUT2D eigenvalue weighted by atomic mass is 10.1. The summed E-state index contributed by atoms with van der Waals surface area (Å²) in [5.41, 5.74) is 4.82. The van der Waals surface area contributed by atoms with Crippen LogP contribution in [0.4, 0.5) is 0 Å². The van der Waals surface area contributed by atoms with Crippen LogP contribution in [0.3, 0.4) is 0 Å². The van der Waals surface area contributed by atoms with E-state index in [2.05, 4.69) is 22.4 Å². The largest absolute Gasteiger partial charge is 0.493 e. The molecule has 0 saturated heterocycles. The maximum atomic E-state index is 6.32. The van der Waals surface area contributed by atoms with Gasteiger partial charge in [0.2, 0.25) is 0 Å². The Labute approximate surface area is 170 Å². The van der Waals surface area contributed by atoms with Gasteiger partial charge in [-0.3, -0.25) is 4.98 Å². The minimum atomic E-state index is 0.335. The zero-order valence-electron chi connectivity index (χ0n) is 15.8. The van der Waals surface area contributed by atoms with Gasteiger partial charge in [-0.1, -0.05) is 29.8 Å². The van der Waals surface area contributed by atoms with Crippen molar-refractivity contribution >= 4 is 11.6 Å². The molecule has 2 aromatic carbocycles. The third-order valence-electron chi connectivity index (χ3n) is 5.14. The number of benzene rings is 2. The molecule has 0 saturated carbocycles. The number of pyridine rings is 1. The van der Waals surface area contributed by atoms with Gasteiger partial charge in [0.05, 0.1) is 7.11 Å². The third-order valence-corrected chi connectivity index (χ3v) is 5.49. The molecule has 1 N–H and O–H groups in total. The number of halogens is 1. The number of rotatable bonds is 7. The normalized spacial score (nSPS) is 15.3. The summed E-state index contributed by atoms with van der Waals surface area (Å²) in [6.07, 6.45) is 5.62. The molecule has 0 bridgehead atoms. The standard InChI is InChI=1S/C23H23ClN2O2/c1-27-23-13-17(5-8-22(23)28-15-16-9-11-25-12-10-16)14-26-21-7-6-18-19(21)3-2-4-20(18)24/h2-5,8-13,21,26H,6-7,14-15H2,1H3. The summed E-state index contributed by atoms with van der Waals surface area (Å²) in [7, 11) is 1.67. The fraction of sp³-hybridized carbons (Fsp3) is 0.261. The molecule has 1 aliphatic carbocycles. The lowest BCUT2D eigenvalue weighted by molar-refractivity contribution is 0.284. The number of fused-ring (bicyclic) bond motifs is 1. The predicted molar refractivity (Wildman–Crippen MR) is 111 cm³/mol. The van der Waals surface area contributed by atoms with E-state index in [9.17, 15) is 0 Å². The molecule has 5 heteroatoms. The second-order valence-electron chi connectivity index (χ2n) is 6.91. The molecule has 0 spiro atoms. The summed E-state index contributed by atoms with van der Waals surface area (Å²) in [5, 5.41) is 4.52. The first-order chi connectivity index (χ1) is 13.7. The zero-order valence-corrected chi connectivity index (χ0v) is 16.6. The van der Waals surface area contributed by atoms with E-state index < -0.39 is 0 Å². The van der Waals surface area contributed by atoms with Crippen molar-refractivity contribution in [2.24, 2.45) is 0 Å². The van der Waals surface area contributed by atoms with Crippen LogP contribution >= 0.6 is 11.6 Å². The van der Waals surface area contributed by atoms with Crippen LogP contribution in [0.5, 0.6) is 11.5 Å². The molecule has 3 aromatic rings. The van der Waals surface area contributed by atoms with Gasteiger partial charge >= 0.3 is 0 Å². The lowest BCUT2D eigenvalue weighted by Gasteiger charge is -2.16. The smallest absolute Gasteiger partial charge is 0.161 e. The number of nitrogens with one attached hydrogen (secondary N) is 1. The Balaban J connectivity index is 1.40. The van der Waals surface area contributed by atoms with Crippen LogP contribution in [0.1, 0.15) is 34.7 Å². The van der Waals surface area contributed by atoms with Gasteiger partial charge in [0.1, 0.15) is 6.61 Å². The maximum Gasteiger partial charge on any atom is 0.161 e. The van der Waals surface area contributed by atoms with Crippen LogP contribution in [-0.4, -0.2) is 12.1 Å². The molecule has 4 rings (SSSR count). The topological polar surface area (TPSA) is 43.4 Å². The fourth-order valence-electron chi connectivity index (χ4n) is 3.64. The fourth-order valence-corrected chi connectivity index (χ4v) is 3.92. The van der Waals surface area contributed by atoms with Gasteiger partial charge in [0.25, 0.3) is 0 Å². The summed E-state index contributed by atoms with van der Waals surface area (Å²) in [5.74, 6) is 1.48. The molecule has 144 valence electrons. The number of methoxy groups -OCH3 is 1. The average molecular weight is 395 g/mol. The van der Waals surface area contributed by atoms with E-state index in [1.165, 1.54) is 11.1 Å². The summed E-state index contributed by atoms with van der Waals surface area (Å²) in [4.78, 5) is 4.02. The molecule has 28 heavy (non-hydrogen) atoms. The van der Waals surface area contributed by atoms with Crippen LogP contribution in [0.2, 0.25) is 5.02 Å². The number of ether oxygens (including phenoxy) is 2. The highest BCUT2D eigenvalue weighted by atomic mass is 35.5. The van der Waals surface area contributed by atoms with Gasteiger partial charge in [-0.05, 0) is 65.4 Å². The zero-order chi connectivity index (χ0) is 19.3. The van der Waals surface area contributed by atoms with Crippen molar-refractivity contribution in [2.75, 3.05) is 7.11 Å². The van der Waals surface area contributed by atoms with E-state index in [0.29, 0.717) is 12.6 Å². The van der Waals surface area contributed by atoms with Crippen LogP contribution in [0.15, 0.2) is 60.9 Å². The van der Waals surface area contributed by atoms with E-state index >= 15 is 0 Å². The van der Waals surface area contributed by atoms with Crippen molar-refractivity contribution in [1.82, 2.24) is 10.3 Å². The van der Waals surface area contributed by atoms with Crippen LogP contribution < -0.4 is 14.8 Å². The lowest BCUT2D eigenvalue weighted by Crippen LogP contribution is -2.18. The molecule has 0 amide bonds. The van der Waals surface area contributed by atoms with Gasteiger partial charge < -0.3 is 14.8 Å². The van der Waals surface area contributed by atoms with Crippen molar-refractivity contribution < 1.29 is 9.47 Å². The van der Waals surface area contributed by atoms with E-state index in [4.69, 9.17) is 21.1 Å². The van der Waals surface area contributed by atoms with Crippen LogP contribution in [-0.2, 0) is 19.6 Å². The average Bonchev–Trinajstić information content (AvgIpc) is 3.16. The molecule has 1 aromatic heterocycles. The van der Waals surface area contributed by atoms with E-state index in [-0.39, 0.29) is 0 Å². The quantitative estimate of drug-likeness (QED) is 0.605. The Morgan fingerprint density at radius 2 is 1.93 bits per heavy atom. The molecule has 1 unspecified atom stereocenters. The maximum absolute atomic E-state index is 6.32. The molecule has 0 aliphatic heterocycles. The summed E-state index contributed by atoms with van der Waals surface area (Å²) < 4.78 is 11.5. The second-order valence-corrected chi connectivity index (χ2v) is 7.32. The highest BCUT2D eigenvalue weighted by Crippen LogP contribution is 2.36. The number of aromatic nitrogens is 1. The third kappa shape index (κ3) is 4.13. The van der Waals surface area contributed by atoms with Crippen molar-refractivity contribution in [3.63, 3.8) is 0 Å². The van der Waals surface area contributed by atoms with E-state index in [1.54, 1.807) is 19.5 Å². The molecular weight excluding hydrogens is 372 g/mol. The molecule has 1 heterocycles. The monoisotopic (exact) mass is 394 g/mol. The Morgan fingerprint density at radius 3 is 2.75 bits per heavy atom. The minimum absolute atomic E-state index is 0.335. The SMILES string of the molecule is COc1cc(CNC2CCc3c(Cl)cccc32)ccc1OCc1ccncc1. The van der Waals surface area contributed by atoms with Crippen LogP contribution in [0, 0.1) is 0 Å². The van der Waals surface area contributed by atoms with E-state index in [1.807, 2.05) is 36.4 Å². The van der Waals surface area contributed by atoms with Crippen molar-refractivity contribution in [1.29, 1.82) is 0 Å². The van der Waals surface area contributed by atoms with Crippen molar-refractivity contribution in [3.8, 4) is 11.5 Å². The number of nitrogens with zero attached hydrogens (tertiary/aromatic N) is 1. The molecule has 1 atom stereocenters. The van der Waals surface area contributed by atoms with Crippen molar-refractivity contribution in [2.45, 2.75) is 32.0 Å². The molecule has 0 radical (unpaired) electrons. The Kier molecular flexibility index (Phi) is 5.79. The first-order valence-corrected chi connectivity index (χ1v) is 9.81. The van der Waals surface area contributed by atoms with Crippen molar-refractivity contribution in [3.05, 3.63) is 88.2 Å². The van der Waals surface area contributed by atoms with Gasteiger partial charge in [-0.15, -0.1) is 0 Å². The first kappa shape index (κ1) is 18.8. The second kappa shape index (κ2) is 8.63. The Bertz CT molecular complexity index is 947. The minimum Gasteiger partial charge on any atom is -0.493 e.